The first-order valence-corrected chi connectivity index (χ1v) is 20.8. The second kappa shape index (κ2) is 13.4. The molecule has 0 saturated carbocycles. The number of aromatic nitrogens is 1. The molecule has 3 aromatic heterocycles. The summed E-state index contributed by atoms with van der Waals surface area (Å²) in [6.45, 7) is 9.43. The molecule has 1 aliphatic carbocycles. The Balaban J connectivity index is 1.14. The maximum absolute atomic E-state index is 4.84. The predicted molar refractivity (Wildman–Crippen MR) is 228 cm³/mol. The van der Waals surface area contributed by atoms with Crippen molar-refractivity contribution in [2.45, 2.75) is 71.6 Å². The molecule has 258 valence electrons. The Bertz CT molecular complexity index is 2510. The van der Waals surface area contributed by atoms with Crippen LogP contribution in [0, 0.1) is 5.92 Å². The van der Waals surface area contributed by atoms with E-state index in [4.69, 9.17) is 4.98 Å². The van der Waals surface area contributed by atoms with Crippen LogP contribution < -0.4 is 0 Å². The molecule has 0 bridgehead atoms. The molecule has 0 aliphatic heterocycles. The monoisotopic (exact) mass is 711 g/mol. The Morgan fingerprint density at radius 1 is 0.596 bits per heavy atom. The number of rotatable bonds is 10. The molecule has 0 amide bonds. The van der Waals surface area contributed by atoms with Crippen molar-refractivity contribution in [1.82, 2.24) is 4.98 Å². The van der Waals surface area contributed by atoms with Crippen LogP contribution in [-0.4, -0.2) is 4.98 Å². The van der Waals surface area contributed by atoms with Gasteiger partial charge in [0, 0.05) is 52.5 Å². The number of hydrogen-bond acceptors (Lipinski definition) is 3. The Morgan fingerprint density at radius 2 is 1.23 bits per heavy atom. The summed E-state index contributed by atoms with van der Waals surface area (Å²) in [5, 5.41) is 5.07. The highest BCUT2D eigenvalue weighted by molar-refractivity contribution is 7.23. The van der Waals surface area contributed by atoms with Crippen molar-refractivity contribution >= 4 is 54.4 Å². The minimum Gasteiger partial charge on any atom is -0.256 e. The Labute approximate surface area is 316 Å². The third kappa shape index (κ3) is 5.52. The van der Waals surface area contributed by atoms with Gasteiger partial charge in [0.25, 0.3) is 0 Å². The largest absolute Gasteiger partial charge is 0.256 e. The molecule has 8 aromatic rings. The molecule has 0 N–H and O–H groups in total. The van der Waals surface area contributed by atoms with Gasteiger partial charge in [-0.25, -0.2) is 0 Å². The number of pyridine rings is 1. The SMILES string of the molecule is CCCCc1ccc(-c2ccc(-c3ccc4c(c3)C(CCC)(CC(C)C)c3cc(-c5cc6c7cccnc7c7ccccc7c6s5)ccc3-4)s2)cc1. The first-order valence-electron chi connectivity index (χ1n) is 19.2. The van der Waals surface area contributed by atoms with Gasteiger partial charge in [-0.1, -0.05) is 119 Å². The van der Waals surface area contributed by atoms with Crippen molar-refractivity contribution in [2.75, 3.05) is 0 Å². The molecule has 9 rings (SSSR count). The molecule has 0 saturated heterocycles. The highest BCUT2D eigenvalue weighted by Crippen LogP contribution is 2.56. The molecule has 5 aromatic carbocycles. The van der Waals surface area contributed by atoms with Crippen molar-refractivity contribution in [1.29, 1.82) is 0 Å². The smallest absolute Gasteiger partial charge is 0.0787 e. The van der Waals surface area contributed by atoms with E-state index >= 15 is 0 Å². The summed E-state index contributed by atoms with van der Waals surface area (Å²) < 4.78 is 1.35. The van der Waals surface area contributed by atoms with Gasteiger partial charge in [0.2, 0.25) is 0 Å². The van der Waals surface area contributed by atoms with Gasteiger partial charge in [0.05, 0.1) is 5.52 Å². The number of fused-ring (bicyclic) bond motifs is 9. The zero-order valence-corrected chi connectivity index (χ0v) is 32.3. The van der Waals surface area contributed by atoms with E-state index in [1.54, 1.807) is 0 Å². The molecule has 0 fully saturated rings. The van der Waals surface area contributed by atoms with Crippen LogP contribution in [0.1, 0.15) is 76.5 Å². The number of thiophene rings is 2. The summed E-state index contributed by atoms with van der Waals surface area (Å²) in [6.07, 6.45) is 9.00. The van der Waals surface area contributed by atoms with E-state index < -0.39 is 0 Å². The molecule has 3 heterocycles. The number of hydrogen-bond donors (Lipinski definition) is 0. The molecular weight excluding hydrogens is 667 g/mol. The number of benzene rings is 5. The molecule has 1 nitrogen and oxygen atoms in total. The van der Waals surface area contributed by atoms with Gasteiger partial charge in [0.1, 0.15) is 0 Å². The lowest BCUT2D eigenvalue weighted by Gasteiger charge is -2.34. The molecule has 3 heteroatoms. The fourth-order valence-corrected chi connectivity index (χ4v) is 11.3. The molecule has 0 spiro atoms. The van der Waals surface area contributed by atoms with E-state index in [1.165, 1.54) is 98.2 Å². The Kier molecular flexibility index (Phi) is 8.60. The molecule has 52 heavy (non-hydrogen) atoms. The van der Waals surface area contributed by atoms with Crippen molar-refractivity contribution in [3.05, 3.63) is 138 Å². The first-order chi connectivity index (χ1) is 25.5. The van der Waals surface area contributed by atoms with Crippen molar-refractivity contribution < 1.29 is 0 Å². The van der Waals surface area contributed by atoms with E-state index in [-0.39, 0.29) is 5.41 Å². The van der Waals surface area contributed by atoms with Gasteiger partial charge in [0.15, 0.2) is 0 Å². The standard InChI is InChI=1S/C49H45NS2/c1-5-7-11-32-15-17-33(18-16-32)44-23-24-45(51-44)34-19-21-36-37-22-20-35(28-43(37)49(25-6-2,30-31(3)4)42(36)27-34)46-29-41-39-14-10-26-50-47(39)38-12-8-9-13-40(38)48(41)52-46/h8-10,12-24,26-29,31H,5-7,11,25,30H2,1-4H3. The first kappa shape index (κ1) is 33.3. The van der Waals surface area contributed by atoms with Crippen LogP contribution in [0.25, 0.3) is 74.2 Å². The van der Waals surface area contributed by atoms with E-state index in [0.29, 0.717) is 5.92 Å². The van der Waals surface area contributed by atoms with Gasteiger partial charge in [-0.15, -0.1) is 22.7 Å². The van der Waals surface area contributed by atoms with Crippen LogP contribution in [0.3, 0.4) is 0 Å². The van der Waals surface area contributed by atoms with E-state index in [9.17, 15) is 0 Å². The normalized spacial score (nSPS) is 15.2. The number of unbranched alkanes of at least 4 members (excludes halogenated alkanes) is 1. The average molecular weight is 712 g/mol. The zero-order chi connectivity index (χ0) is 35.4. The van der Waals surface area contributed by atoms with Crippen LogP contribution in [-0.2, 0) is 11.8 Å². The Hall–Kier alpha value is -4.57. The Morgan fingerprint density at radius 3 is 1.92 bits per heavy atom. The fourth-order valence-electron chi connectivity index (χ4n) is 9.04. The summed E-state index contributed by atoms with van der Waals surface area (Å²) in [4.78, 5) is 8.86. The quantitative estimate of drug-likeness (QED) is 0.129. The lowest BCUT2D eigenvalue weighted by molar-refractivity contribution is 0.377. The van der Waals surface area contributed by atoms with Crippen molar-refractivity contribution in [3.8, 4) is 42.4 Å². The lowest BCUT2D eigenvalue weighted by Crippen LogP contribution is -2.27. The molecule has 1 aliphatic rings. The third-order valence-corrected chi connectivity index (χ3v) is 13.7. The van der Waals surface area contributed by atoms with Crippen molar-refractivity contribution in [2.24, 2.45) is 5.92 Å². The van der Waals surface area contributed by atoms with Crippen LogP contribution in [0.4, 0.5) is 0 Å². The van der Waals surface area contributed by atoms with Gasteiger partial charge in [-0.3, -0.25) is 4.98 Å². The fraction of sp³-hybridized carbons (Fsp3) is 0.245. The number of aryl methyl sites for hydroxylation is 1. The maximum Gasteiger partial charge on any atom is 0.0787 e. The van der Waals surface area contributed by atoms with Crippen molar-refractivity contribution in [3.63, 3.8) is 0 Å². The highest BCUT2D eigenvalue weighted by atomic mass is 32.1. The predicted octanol–water partition coefficient (Wildman–Crippen LogP) is 15.1. The van der Waals surface area contributed by atoms with E-state index in [1.807, 2.05) is 28.9 Å². The third-order valence-electron chi connectivity index (χ3n) is 11.3. The minimum absolute atomic E-state index is 0.0198. The summed E-state index contributed by atoms with van der Waals surface area (Å²) in [5.74, 6) is 0.570. The van der Waals surface area contributed by atoms with E-state index in [2.05, 4.69) is 143 Å². The molecule has 1 atom stereocenters. The van der Waals surface area contributed by atoms with Gasteiger partial charge in [-0.05, 0) is 113 Å². The van der Waals surface area contributed by atoms with E-state index in [0.717, 1.165) is 31.2 Å². The van der Waals surface area contributed by atoms with Crippen LogP contribution in [0.5, 0.6) is 0 Å². The summed E-state index contributed by atoms with van der Waals surface area (Å²) in [5.41, 5.74) is 12.3. The van der Waals surface area contributed by atoms with Gasteiger partial charge < -0.3 is 0 Å². The average Bonchev–Trinajstić information content (AvgIpc) is 3.91. The molecular formula is C49H45NS2. The minimum atomic E-state index is -0.0198. The van der Waals surface area contributed by atoms with Gasteiger partial charge >= 0.3 is 0 Å². The lowest BCUT2D eigenvalue weighted by atomic mass is 9.69. The highest BCUT2D eigenvalue weighted by Gasteiger charge is 2.43. The number of nitrogens with zero attached hydrogens (tertiary/aromatic N) is 1. The van der Waals surface area contributed by atoms with Crippen LogP contribution in [0.2, 0.25) is 0 Å². The zero-order valence-electron chi connectivity index (χ0n) is 30.6. The molecule has 0 radical (unpaired) electrons. The summed E-state index contributed by atoms with van der Waals surface area (Å²) >= 11 is 3.85. The van der Waals surface area contributed by atoms with Crippen LogP contribution >= 0.6 is 22.7 Å². The topological polar surface area (TPSA) is 12.9 Å². The maximum atomic E-state index is 4.84. The second-order valence-electron chi connectivity index (χ2n) is 15.2. The summed E-state index contributed by atoms with van der Waals surface area (Å²) in [6, 6.07) is 44.1. The second-order valence-corrected chi connectivity index (χ2v) is 17.3. The summed E-state index contributed by atoms with van der Waals surface area (Å²) in [7, 11) is 0. The van der Waals surface area contributed by atoms with Gasteiger partial charge in [-0.2, -0.15) is 0 Å². The molecule has 1 unspecified atom stereocenters. The van der Waals surface area contributed by atoms with Crippen LogP contribution in [0.15, 0.2) is 121 Å².